The van der Waals surface area contributed by atoms with Crippen LogP contribution in [0.25, 0.3) is 0 Å². The van der Waals surface area contributed by atoms with Crippen LogP contribution in [0.3, 0.4) is 0 Å². The van der Waals surface area contributed by atoms with E-state index in [9.17, 15) is 4.79 Å². The standard InChI is InChI=1S/C13H16N4OS/c1-9-3-5-15-11(6-9)17-12(18)7-10-8-19-13(16-10)2-4-14/h3,5-6,8H,2,4,7,14H2,1H3,(H,15,17,18). The Morgan fingerprint density at radius 2 is 2.37 bits per heavy atom. The summed E-state index contributed by atoms with van der Waals surface area (Å²) in [5.41, 5.74) is 7.30. The highest BCUT2D eigenvalue weighted by Gasteiger charge is 2.08. The molecule has 0 spiro atoms. The van der Waals surface area contributed by atoms with Crippen LogP contribution in [0, 0.1) is 6.92 Å². The SMILES string of the molecule is Cc1ccnc(NC(=O)Cc2csc(CCN)n2)c1. The summed E-state index contributed by atoms with van der Waals surface area (Å²) in [4.78, 5) is 20.3. The van der Waals surface area contributed by atoms with E-state index in [1.807, 2.05) is 24.4 Å². The number of pyridine rings is 1. The van der Waals surface area contributed by atoms with Gasteiger partial charge in [0.15, 0.2) is 0 Å². The van der Waals surface area contributed by atoms with Crippen LogP contribution in [0.15, 0.2) is 23.7 Å². The summed E-state index contributed by atoms with van der Waals surface area (Å²) >= 11 is 1.54. The van der Waals surface area contributed by atoms with Gasteiger partial charge in [0.05, 0.1) is 17.1 Å². The summed E-state index contributed by atoms with van der Waals surface area (Å²) in [5, 5.41) is 5.63. The Kier molecular flexibility index (Phi) is 4.59. The Bertz CT molecular complexity index is 567. The van der Waals surface area contributed by atoms with Crippen LogP contribution < -0.4 is 11.1 Å². The number of nitrogens with two attached hydrogens (primary N) is 1. The molecule has 3 N–H and O–H groups in total. The van der Waals surface area contributed by atoms with Gasteiger partial charge in [-0.1, -0.05) is 0 Å². The summed E-state index contributed by atoms with van der Waals surface area (Å²) < 4.78 is 0. The Hall–Kier alpha value is -1.79. The molecule has 0 saturated carbocycles. The fraction of sp³-hybridized carbons (Fsp3) is 0.308. The number of hydrogen-bond donors (Lipinski definition) is 2. The van der Waals surface area contributed by atoms with Gasteiger partial charge in [0.2, 0.25) is 5.91 Å². The first-order valence-corrected chi connectivity index (χ1v) is 6.91. The molecule has 2 aromatic heterocycles. The number of rotatable bonds is 5. The molecule has 6 heteroatoms. The first-order chi connectivity index (χ1) is 9.17. The second kappa shape index (κ2) is 6.40. The molecule has 0 aliphatic carbocycles. The van der Waals surface area contributed by atoms with E-state index >= 15 is 0 Å². The molecule has 0 bridgehead atoms. The molecule has 2 heterocycles. The van der Waals surface area contributed by atoms with Gasteiger partial charge < -0.3 is 11.1 Å². The van der Waals surface area contributed by atoms with Gasteiger partial charge in [0.25, 0.3) is 0 Å². The van der Waals surface area contributed by atoms with Gasteiger partial charge in [-0.3, -0.25) is 4.79 Å². The average molecular weight is 276 g/mol. The maximum absolute atomic E-state index is 11.8. The van der Waals surface area contributed by atoms with Gasteiger partial charge in [0, 0.05) is 18.0 Å². The van der Waals surface area contributed by atoms with Crippen LogP contribution >= 0.6 is 11.3 Å². The van der Waals surface area contributed by atoms with Gasteiger partial charge in [-0.15, -0.1) is 11.3 Å². The van der Waals surface area contributed by atoms with E-state index < -0.39 is 0 Å². The Morgan fingerprint density at radius 3 is 3.11 bits per heavy atom. The molecule has 0 fully saturated rings. The summed E-state index contributed by atoms with van der Waals surface area (Å²) in [6.45, 7) is 2.53. The first kappa shape index (κ1) is 13.6. The van der Waals surface area contributed by atoms with E-state index in [4.69, 9.17) is 5.73 Å². The van der Waals surface area contributed by atoms with E-state index in [1.165, 1.54) is 11.3 Å². The minimum Gasteiger partial charge on any atom is -0.330 e. The summed E-state index contributed by atoms with van der Waals surface area (Å²) in [5.74, 6) is 0.463. The third-order valence-electron chi connectivity index (χ3n) is 2.48. The van der Waals surface area contributed by atoms with Gasteiger partial charge in [0.1, 0.15) is 5.82 Å². The number of aryl methyl sites for hydroxylation is 1. The molecule has 100 valence electrons. The van der Waals surface area contributed by atoms with Crippen LogP contribution in [-0.2, 0) is 17.6 Å². The summed E-state index contributed by atoms with van der Waals surface area (Å²) in [6, 6.07) is 3.72. The number of aromatic nitrogens is 2. The van der Waals surface area contributed by atoms with E-state index in [2.05, 4.69) is 15.3 Å². The monoisotopic (exact) mass is 276 g/mol. The average Bonchev–Trinajstić information content (AvgIpc) is 2.77. The van der Waals surface area contributed by atoms with E-state index in [1.54, 1.807) is 6.20 Å². The number of nitrogens with zero attached hydrogens (tertiary/aromatic N) is 2. The van der Waals surface area contributed by atoms with E-state index in [0.29, 0.717) is 12.4 Å². The highest BCUT2D eigenvalue weighted by Crippen LogP contribution is 2.11. The zero-order chi connectivity index (χ0) is 13.7. The number of nitrogens with one attached hydrogen (secondary N) is 1. The number of hydrogen-bond acceptors (Lipinski definition) is 5. The molecule has 0 atom stereocenters. The minimum absolute atomic E-state index is 0.109. The smallest absolute Gasteiger partial charge is 0.231 e. The van der Waals surface area contributed by atoms with Crippen molar-refractivity contribution in [1.29, 1.82) is 0 Å². The van der Waals surface area contributed by atoms with E-state index in [-0.39, 0.29) is 12.3 Å². The maximum Gasteiger partial charge on any atom is 0.231 e. The van der Waals surface area contributed by atoms with Crippen LogP contribution in [-0.4, -0.2) is 22.4 Å². The molecule has 0 aliphatic rings. The molecule has 2 rings (SSSR count). The zero-order valence-electron chi connectivity index (χ0n) is 10.7. The number of thiazole rings is 1. The van der Waals surface area contributed by atoms with Crippen molar-refractivity contribution in [3.63, 3.8) is 0 Å². The Labute approximate surface area is 115 Å². The second-order valence-corrected chi connectivity index (χ2v) is 5.16. The Balaban J connectivity index is 1.93. The van der Waals surface area contributed by atoms with Crippen molar-refractivity contribution in [2.45, 2.75) is 19.8 Å². The fourth-order valence-corrected chi connectivity index (χ4v) is 2.44. The largest absolute Gasteiger partial charge is 0.330 e. The molecule has 2 aromatic rings. The molecule has 19 heavy (non-hydrogen) atoms. The van der Waals surface area contributed by atoms with Gasteiger partial charge in [-0.25, -0.2) is 9.97 Å². The van der Waals surface area contributed by atoms with Crippen LogP contribution in [0.5, 0.6) is 0 Å². The summed E-state index contributed by atoms with van der Waals surface area (Å²) in [7, 11) is 0. The van der Waals surface area contributed by atoms with Gasteiger partial charge in [-0.2, -0.15) is 0 Å². The first-order valence-electron chi connectivity index (χ1n) is 6.03. The molecule has 0 unspecified atom stereocenters. The van der Waals surface area contributed by atoms with Crippen molar-refractivity contribution < 1.29 is 4.79 Å². The van der Waals surface area contributed by atoms with Crippen molar-refractivity contribution in [2.75, 3.05) is 11.9 Å². The van der Waals surface area contributed by atoms with Crippen molar-refractivity contribution in [1.82, 2.24) is 9.97 Å². The molecule has 5 nitrogen and oxygen atoms in total. The zero-order valence-corrected chi connectivity index (χ0v) is 11.5. The quantitative estimate of drug-likeness (QED) is 0.867. The topological polar surface area (TPSA) is 80.9 Å². The fourth-order valence-electron chi connectivity index (χ4n) is 1.62. The third-order valence-corrected chi connectivity index (χ3v) is 3.44. The number of carbonyl (C=O) groups is 1. The summed E-state index contributed by atoms with van der Waals surface area (Å²) in [6.07, 6.45) is 2.69. The highest BCUT2D eigenvalue weighted by atomic mass is 32.1. The number of anilines is 1. The molecule has 0 aliphatic heterocycles. The Morgan fingerprint density at radius 1 is 1.53 bits per heavy atom. The van der Waals surface area contributed by atoms with Crippen LogP contribution in [0.4, 0.5) is 5.82 Å². The van der Waals surface area contributed by atoms with Crippen LogP contribution in [0.1, 0.15) is 16.3 Å². The molecular weight excluding hydrogens is 260 g/mol. The molecule has 0 aromatic carbocycles. The van der Waals surface area contributed by atoms with Crippen molar-refractivity contribution in [2.24, 2.45) is 5.73 Å². The molecule has 0 radical (unpaired) electrons. The predicted octanol–water partition coefficient (Wildman–Crippen LogP) is 1.53. The lowest BCUT2D eigenvalue weighted by Crippen LogP contribution is -2.15. The number of amides is 1. The minimum atomic E-state index is -0.109. The normalized spacial score (nSPS) is 10.4. The lowest BCUT2D eigenvalue weighted by atomic mass is 10.3. The highest BCUT2D eigenvalue weighted by molar-refractivity contribution is 7.09. The predicted molar refractivity (Wildman–Crippen MR) is 76.2 cm³/mol. The van der Waals surface area contributed by atoms with Crippen LogP contribution in [0.2, 0.25) is 0 Å². The second-order valence-electron chi connectivity index (χ2n) is 4.21. The lowest BCUT2D eigenvalue weighted by molar-refractivity contribution is -0.115. The van der Waals surface area contributed by atoms with Crippen molar-refractivity contribution >= 4 is 23.1 Å². The molecule has 1 amide bonds. The third kappa shape index (κ3) is 4.11. The van der Waals surface area contributed by atoms with Crippen molar-refractivity contribution in [3.8, 4) is 0 Å². The lowest BCUT2D eigenvalue weighted by Gasteiger charge is -2.03. The molecule has 0 saturated heterocycles. The maximum atomic E-state index is 11.8. The number of carbonyl (C=O) groups excluding carboxylic acids is 1. The molecular formula is C13H16N4OS. The van der Waals surface area contributed by atoms with Crippen molar-refractivity contribution in [3.05, 3.63) is 40.0 Å². The van der Waals surface area contributed by atoms with E-state index in [0.717, 1.165) is 22.7 Å². The van der Waals surface area contributed by atoms with Gasteiger partial charge in [-0.05, 0) is 31.2 Å². The van der Waals surface area contributed by atoms with Gasteiger partial charge >= 0.3 is 0 Å².